The summed E-state index contributed by atoms with van der Waals surface area (Å²) in [4.78, 5) is 26.5. The Morgan fingerprint density at radius 2 is 1.92 bits per heavy atom. The Hall–Kier alpha value is -1.11. The van der Waals surface area contributed by atoms with Gasteiger partial charge in [0.25, 0.3) is 0 Å². The minimum Gasteiger partial charge on any atom is -0.356 e. The molecule has 0 aromatic rings. The molecule has 6 nitrogen and oxygen atoms in total. The highest BCUT2D eigenvalue weighted by atomic mass is 32.2. The van der Waals surface area contributed by atoms with Crippen molar-refractivity contribution in [2.45, 2.75) is 63.8 Å². The van der Waals surface area contributed by atoms with Gasteiger partial charge < -0.3 is 10.2 Å². The zero-order valence-corrected chi connectivity index (χ0v) is 15.7. The molecular weight excluding hydrogens is 340 g/mol. The summed E-state index contributed by atoms with van der Waals surface area (Å²) in [5.41, 5.74) is 0. The van der Waals surface area contributed by atoms with Crippen LogP contribution in [-0.2, 0) is 19.4 Å². The quantitative estimate of drug-likeness (QED) is 0.718. The minimum absolute atomic E-state index is 0.0225. The average Bonchev–Trinajstić information content (AvgIpc) is 3.14. The number of sulfone groups is 1. The standard InChI is InChI=1S/C18H30N2O4S/c21-17-11-15(12-20(17)16-6-2-1-3-7-16)18(22)19-9-4-5-14-8-10-25(23,24)13-14/h14-16H,1-13H2,(H,19,22). The zero-order chi connectivity index (χ0) is 17.9. The number of rotatable bonds is 6. The molecule has 3 rings (SSSR count). The van der Waals surface area contributed by atoms with E-state index in [-0.39, 0.29) is 23.7 Å². The van der Waals surface area contributed by atoms with E-state index in [0.29, 0.717) is 37.1 Å². The van der Waals surface area contributed by atoms with Crippen molar-refractivity contribution in [2.75, 3.05) is 24.6 Å². The molecule has 1 saturated carbocycles. The summed E-state index contributed by atoms with van der Waals surface area (Å²) in [5.74, 6) is 0.742. The Bertz CT molecular complexity index is 598. The van der Waals surface area contributed by atoms with Gasteiger partial charge in [0.1, 0.15) is 0 Å². The fourth-order valence-electron chi connectivity index (χ4n) is 4.50. The van der Waals surface area contributed by atoms with Gasteiger partial charge in [-0.1, -0.05) is 19.3 Å². The average molecular weight is 371 g/mol. The molecule has 7 heteroatoms. The highest BCUT2D eigenvalue weighted by molar-refractivity contribution is 7.91. The SMILES string of the molecule is O=C(NCCCC1CCS(=O)(=O)C1)C1CC(=O)N(C2CCCCC2)C1. The van der Waals surface area contributed by atoms with Gasteiger partial charge in [-0.25, -0.2) is 8.42 Å². The van der Waals surface area contributed by atoms with Gasteiger partial charge in [0, 0.05) is 25.6 Å². The van der Waals surface area contributed by atoms with Crippen LogP contribution in [0, 0.1) is 11.8 Å². The molecule has 0 aromatic heterocycles. The minimum atomic E-state index is -2.82. The maximum absolute atomic E-state index is 12.3. The topological polar surface area (TPSA) is 83.5 Å². The lowest BCUT2D eigenvalue weighted by molar-refractivity contribution is -0.130. The molecule has 3 aliphatic rings. The first kappa shape index (κ1) is 18.7. The summed E-state index contributed by atoms with van der Waals surface area (Å²) >= 11 is 0. The molecule has 25 heavy (non-hydrogen) atoms. The Morgan fingerprint density at radius 3 is 2.60 bits per heavy atom. The van der Waals surface area contributed by atoms with Crippen LogP contribution in [0.2, 0.25) is 0 Å². The summed E-state index contributed by atoms with van der Waals surface area (Å²) in [6, 6.07) is 0.336. The number of hydrogen-bond donors (Lipinski definition) is 1. The Morgan fingerprint density at radius 1 is 1.16 bits per heavy atom. The van der Waals surface area contributed by atoms with Crippen LogP contribution in [0.5, 0.6) is 0 Å². The van der Waals surface area contributed by atoms with Crippen molar-refractivity contribution < 1.29 is 18.0 Å². The van der Waals surface area contributed by atoms with Crippen molar-refractivity contribution in [3.63, 3.8) is 0 Å². The maximum atomic E-state index is 12.3. The molecule has 0 spiro atoms. The number of amides is 2. The fraction of sp³-hybridized carbons (Fsp3) is 0.889. The van der Waals surface area contributed by atoms with Crippen LogP contribution >= 0.6 is 0 Å². The Balaban J connectivity index is 1.36. The first-order valence-corrected chi connectivity index (χ1v) is 11.5. The van der Waals surface area contributed by atoms with Crippen molar-refractivity contribution >= 4 is 21.7 Å². The number of likely N-dealkylation sites (tertiary alicyclic amines) is 1. The molecule has 2 unspecified atom stereocenters. The molecule has 2 aliphatic heterocycles. The van der Waals surface area contributed by atoms with E-state index in [1.165, 1.54) is 19.3 Å². The van der Waals surface area contributed by atoms with Crippen LogP contribution in [0.25, 0.3) is 0 Å². The van der Waals surface area contributed by atoms with Crippen molar-refractivity contribution in [1.29, 1.82) is 0 Å². The smallest absolute Gasteiger partial charge is 0.225 e. The second kappa shape index (κ2) is 8.06. The van der Waals surface area contributed by atoms with Crippen molar-refractivity contribution in [1.82, 2.24) is 10.2 Å². The number of nitrogens with zero attached hydrogens (tertiary/aromatic N) is 1. The van der Waals surface area contributed by atoms with Crippen LogP contribution in [0.3, 0.4) is 0 Å². The number of nitrogens with one attached hydrogen (secondary N) is 1. The predicted molar refractivity (Wildman–Crippen MR) is 95.7 cm³/mol. The van der Waals surface area contributed by atoms with Gasteiger partial charge in [0.15, 0.2) is 9.84 Å². The van der Waals surface area contributed by atoms with Gasteiger partial charge in [-0.3, -0.25) is 9.59 Å². The van der Waals surface area contributed by atoms with E-state index in [1.54, 1.807) is 0 Å². The molecule has 142 valence electrons. The molecule has 0 radical (unpaired) electrons. The van der Waals surface area contributed by atoms with Gasteiger partial charge in [-0.15, -0.1) is 0 Å². The van der Waals surface area contributed by atoms with Gasteiger partial charge >= 0.3 is 0 Å². The largest absolute Gasteiger partial charge is 0.356 e. The van der Waals surface area contributed by atoms with Gasteiger partial charge in [0.05, 0.1) is 17.4 Å². The molecule has 0 aromatic carbocycles. The maximum Gasteiger partial charge on any atom is 0.225 e. The van der Waals surface area contributed by atoms with Crippen LogP contribution in [0.15, 0.2) is 0 Å². The van der Waals surface area contributed by atoms with E-state index in [9.17, 15) is 18.0 Å². The number of carbonyl (C=O) groups excluding carboxylic acids is 2. The molecule has 3 fully saturated rings. The second-order valence-corrected chi connectivity index (χ2v) is 10.2. The van der Waals surface area contributed by atoms with Gasteiger partial charge in [-0.2, -0.15) is 0 Å². The molecule has 2 atom stereocenters. The van der Waals surface area contributed by atoms with E-state index in [2.05, 4.69) is 5.32 Å². The monoisotopic (exact) mass is 370 g/mol. The summed E-state index contributed by atoms with van der Waals surface area (Å²) in [7, 11) is -2.82. The van der Waals surface area contributed by atoms with E-state index in [0.717, 1.165) is 32.1 Å². The summed E-state index contributed by atoms with van der Waals surface area (Å²) in [6.45, 7) is 1.14. The van der Waals surface area contributed by atoms with E-state index < -0.39 is 9.84 Å². The molecule has 2 amide bonds. The normalized spacial score (nSPS) is 29.9. The summed E-state index contributed by atoms with van der Waals surface area (Å²) in [5, 5.41) is 2.95. The molecule has 1 N–H and O–H groups in total. The number of hydrogen-bond acceptors (Lipinski definition) is 4. The molecular formula is C18H30N2O4S. The first-order chi connectivity index (χ1) is 11.9. The number of carbonyl (C=O) groups is 2. The zero-order valence-electron chi connectivity index (χ0n) is 14.9. The Labute approximate surface area is 150 Å². The summed E-state index contributed by atoms with van der Waals surface area (Å²) < 4.78 is 22.9. The molecule has 2 heterocycles. The van der Waals surface area contributed by atoms with Crippen molar-refractivity contribution in [2.24, 2.45) is 11.8 Å². The van der Waals surface area contributed by atoms with Crippen LogP contribution in [0.4, 0.5) is 0 Å². The Kier molecular flexibility index (Phi) is 6.02. The lowest BCUT2D eigenvalue weighted by Gasteiger charge is -2.31. The van der Waals surface area contributed by atoms with E-state index >= 15 is 0 Å². The van der Waals surface area contributed by atoms with Crippen LogP contribution in [0.1, 0.15) is 57.8 Å². The third-order valence-corrected chi connectivity index (χ3v) is 7.80. The third-order valence-electron chi connectivity index (χ3n) is 5.96. The van der Waals surface area contributed by atoms with Crippen molar-refractivity contribution in [3.8, 4) is 0 Å². The van der Waals surface area contributed by atoms with E-state index in [1.807, 2.05) is 4.90 Å². The highest BCUT2D eigenvalue weighted by Gasteiger charge is 2.38. The fourth-order valence-corrected chi connectivity index (χ4v) is 6.41. The first-order valence-electron chi connectivity index (χ1n) is 9.72. The van der Waals surface area contributed by atoms with Gasteiger partial charge in [0.2, 0.25) is 11.8 Å². The summed E-state index contributed by atoms with van der Waals surface area (Å²) in [6.07, 6.45) is 8.51. The lowest BCUT2D eigenvalue weighted by Crippen LogP contribution is -2.39. The lowest BCUT2D eigenvalue weighted by atomic mass is 9.94. The van der Waals surface area contributed by atoms with Crippen LogP contribution in [-0.4, -0.2) is 55.8 Å². The van der Waals surface area contributed by atoms with Crippen molar-refractivity contribution in [3.05, 3.63) is 0 Å². The molecule has 2 saturated heterocycles. The second-order valence-electron chi connectivity index (χ2n) is 7.94. The molecule has 0 bridgehead atoms. The molecule has 1 aliphatic carbocycles. The third kappa shape index (κ3) is 4.96. The predicted octanol–water partition coefficient (Wildman–Crippen LogP) is 1.50. The van der Waals surface area contributed by atoms with Gasteiger partial charge in [-0.05, 0) is 38.0 Å². The highest BCUT2D eigenvalue weighted by Crippen LogP contribution is 2.28. The van der Waals surface area contributed by atoms with E-state index in [4.69, 9.17) is 0 Å². The van der Waals surface area contributed by atoms with Crippen LogP contribution < -0.4 is 5.32 Å².